The summed E-state index contributed by atoms with van der Waals surface area (Å²) in [6.45, 7) is 4.08. The van der Waals surface area contributed by atoms with Crippen molar-refractivity contribution in [1.82, 2.24) is 0 Å². The van der Waals surface area contributed by atoms with E-state index in [-0.39, 0.29) is 13.0 Å². The molecular weight excluding hydrogens is 779 g/mol. The number of allylic oxidation sites excluding steroid dienone is 6. The summed E-state index contributed by atoms with van der Waals surface area (Å²) >= 11 is 0. The van der Waals surface area contributed by atoms with Crippen LogP contribution in [0.3, 0.4) is 0 Å². The standard InChI is InChI=1S/C45H81O13P/c1-3-5-7-9-11-12-13-14-15-16-19-22-26-30-34-55-35-38(36-56-59(53,54)58-45-43(51)41(49)40(48)42(50)44(45)52)57-39(47)33-29-25-21-18-17-20-24-28-32-37(46)31-27-23-10-8-6-4-2/h18,20-21,23-24,27-28,32,37-38,40-46,48-52H,3-17,19,22,25-26,29-31,33-36H2,1-2H3,(H,53,54)/b21-18-,24-20-,27-23-,32-28+. The lowest BCUT2D eigenvalue weighted by Gasteiger charge is -2.41. The summed E-state index contributed by atoms with van der Waals surface area (Å²) in [5.74, 6) is -0.557. The van der Waals surface area contributed by atoms with Crippen LogP contribution in [0, 0.1) is 0 Å². The lowest BCUT2D eigenvalue weighted by atomic mass is 9.85. The molecule has 0 heterocycles. The van der Waals surface area contributed by atoms with Crippen LogP contribution in [0.1, 0.15) is 162 Å². The van der Waals surface area contributed by atoms with Crippen LogP contribution in [-0.2, 0) is 27.9 Å². The zero-order valence-electron chi connectivity index (χ0n) is 36.1. The molecule has 0 bridgehead atoms. The van der Waals surface area contributed by atoms with E-state index >= 15 is 0 Å². The van der Waals surface area contributed by atoms with Crippen LogP contribution in [0.25, 0.3) is 0 Å². The number of aliphatic hydroxyl groups excluding tert-OH is 6. The third-order valence-corrected chi connectivity index (χ3v) is 11.3. The molecule has 1 rings (SSSR count). The number of hydrogen-bond acceptors (Lipinski definition) is 12. The van der Waals surface area contributed by atoms with Gasteiger partial charge in [0, 0.05) is 13.0 Å². The Morgan fingerprint density at radius 2 is 1.15 bits per heavy atom. The van der Waals surface area contributed by atoms with E-state index in [0.717, 1.165) is 25.7 Å². The van der Waals surface area contributed by atoms with Gasteiger partial charge in [0.2, 0.25) is 0 Å². The second-order valence-electron chi connectivity index (χ2n) is 15.8. The smallest absolute Gasteiger partial charge is 0.457 e. The molecule has 0 aromatic heterocycles. The van der Waals surface area contributed by atoms with Crippen LogP contribution in [0.5, 0.6) is 0 Å². The molecule has 0 saturated heterocycles. The third-order valence-electron chi connectivity index (χ3n) is 10.3. The van der Waals surface area contributed by atoms with Crippen LogP contribution < -0.4 is 0 Å². The van der Waals surface area contributed by atoms with Crippen molar-refractivity contribution in [3.05, 3.63) is 48.6 Å². The number of hydrogen-bond donors (Lipinski definition) is 7. The third kappa shape index (κ3) is 28.5. The quantitative estimate of drug-likeness (QED) is 0.0104. The Kier molecular flexibility index (Phi) is 33.6. The minimum absolute atomic E-state index is 0.0785. The van der Waals surface area contributed by atoms with Crippen molar-refractivity contribution in [2.75, 3.05) is 19.8 Å². The Labute approximate surface area is 355 Å². The van der Waals surface area contributed by atoms with Crippen molar-refractivity contribution in [2.45, 2.75) is 210 Å². The topological polar surface area (TPSA) is 213 Å². The maximum atomic E-state index is 12.8. The fourth-order valence-electron chi connectivity index (χ4n) is 6.61. The number of carbonyl (C=O) groups excluding carboxylic acids is 1. The van der Waals surface area contributed by atoms with Crippen LogP contribution in [0.15, 0.2) is 48.6 Å². The predicted molar refractivity (Wildman–Crippen MR) is 231 cm³/mol. The number of carbonyl (C=O) groups is 1. The monoisotopic (exact) mass is 861 g/mol. The average molecular weight is 861 g/mol. The number of aliphatic hydroxyl groups is 6. The van der Waals surface area contributed by atoms with Gasteiger partial charge in [-0.25, -0.2) is 4.57 Å². The minimum Gasteiger partial charge on any atom is -0.457 e. The first-order valence-electron chi connectivity index (χ1n) is 22.6. The van der Waals surface area contributed by atoms with Crippen LogP contribution in [0.2, 0.25) is 0 Å². The molecule has 1 aliphatic rings. The second kappa shape index (κ2) is 35.8. The first kappa shape index (κ1) is 55.3. The van der Waals surface area contributed by atoms with E-state index in [1.54, 1.807) is 6.08 Å². The normalized spacial score (nSPS) is 23.5. The van der Waals surface area contributed by atoms with E-state index in [4.69, 9.17) is 18.5 Å². The summed E-state index contributed by atoms with van der Waals surface area (Å²) in [6.07, 6.45) is 26.4. The summed E-state index contributed by atoms with van der Waals surface area (Å²) in [7, 11) is -5.05. The molecule has 14 heteroatoms. The van der Waals surface area contributed by atoms with Crippen molar-refractivity contribution in [3.8, 4) is 0 Å². The largest absolute Gasteiger partial charge is 0.472 e. The van der Waals surface area contributed by atoms with Gasteiger partial charge < -0.3 is 45.0 Å². The molecule has 0 amide bonds. The number of unbranched alkanes of at least 4 members (excludes halogenated alkanes) is 17. The lowest BCUT2D eigenvalue weighted by molar-refractivity contribution is -0.220. The van der Waals surface area contributed by atoms with E-state index in [1.807, 2.05) is 36.5 Å². The molecule has 1 fully saturated rings. The molecule has 13 nitrogen and oxygen atoms in total. The molecule has 0 aliphatic heterocycles. The van der Waals surface area contributed by atoms with Gasteiger partial charge in [0.15, 0.2) is 0 Å². The summed E-state index contributed by atoms with van der Waals surface area (Å²) in [5, 5.41) is 60.2. The van der Waals surface area contributed by atoms with Crippen molar-refractivity contribution in [3.63, 3.8) is 0 Å². The Morgan fingerprint density at radius 3 is 1.76 bits per heavy atom. The van der Waals surface area contributed by atoms with Gasteiger partial charge in [-0.15, -0.1) is 0 Å². The van der Waals surface area contributed by atoms with E-state index in [0.29, 0.717) is 32.3 Å². The van der Waals surface area contributed by atoms with Gasteiger partial charge in [-0.05, 0) is 44.9 Å². The average Bonchev–Trinajstić information content (AvgIpc) is 3.21. The van der Waals surface area contributed by atoms with Gasteiger partial charge in [0.1, 0.15) is 42.7 Å². The highest BCUT2D eigenvalue weighted by molar-refractivity contribution is 7.47. The van der Waals surface area contributed by atoms with Crippen molar-refractivity contribution in [2.24, 2.45) is 0 Å². The zero-order chi connectivity index (χ0) is 43.6. The molecule has 7 unspecified atom stereocenters. The lowest BCUT2D eigenvalue weighted by Crippen LogP contribution is -2.64. The van der Waals surface area contributed by atoms with Crippen LogP contribution in [-0.4, -0.2) is 110 Å². The summed E-state index contributed by atoms with van der Waals surface area (Å²) in [4.78, 5) is 23.1. The first-order valence-corrected chi connectivity index (χ1v) is 24.1. The van der Waals surface area contributed by atoms with Gasteiger partial charge in [-0.2, -0.15) is 0 Å². The number of ether oxygens (including phenoxy) is 2. The highest BCUT2D eigenvalue weighted by Gasteiger charge is 2.51. The van der Waals surface area contributed by atoms with Crippen molar-refractivity contribution in [1.29, 1.82) is 0 Å². The fourth-order valence-corrected chi connectivity index (χ4v) is 7.58. The van der Waals surface area contributed by atoms with Gasteiger partial charge >= 0.3 is 13.8 Å². The number of esters is 1. The molecule has 1 saturated carbocycles. The highest BCUT2D eigenvalue weighted by Crippen LogP contribution is 2.47. The van der Waals surface area contributed by atoms with Crippen molar-refractivity contribution < 1.29 is 63.4 Å². The Bertz CT molecular complexity index is 1180. The summed E-state index contributed by atoms with van der Waals surface area (Å²) in [6, 6.07) is 0. The molecule has 0 aromatic rings. The van der Waals surface area contributed by atoms with Gasteiger partial charge in [-0.3, -0.25) is 13.8 Å². The van der Waals surface area contributed by atoms with Crippen molar-refractivity contribution >= 4 is 13.8 Å². The molecule has 0 radical (unpaired) electrons. The van der Waals surface area contributed by atoms with Crippen LogP contribution in [0.4, 0.5) is 0 Å². The zero-order valence-corrected chi connectivity index (χ0v) is 37.0. The number of rotatable bonds is 37. The maximum absolute atomic E-state index is 12.8. The van der Waals surface area contributed by atoms with Gasteiger partial charge in [0.05, 0.1) is 19.3 Å². The minimum atomic E-state index is -5.05. The SMILES string of the molecule is CCCCC/C=C\CC(O)/C=C/C=C\C/C=C\CCCC(=O)OC(COCCCCCCCCCCCCCCCC)COP(=O)(O)OC1C(O)C(O)C(O)C(O)C1O. The molecule has 344 valence electrons. The number of phosphoric acid groups is 1. The van der Waals surface area contributed by atoms with E-state index in [9.17, 15) is 44.9 Å². The first-order chi connectivity index (χ1) is 28.4. The van der Waals surface area contributed by atoms with Gasteiger partial charge in [0.25, 0.3) is 0 Å². The Balaban J connectivity index is 2.49. The molecule has 0 aromatic carbocycles. The van der Waals surface area contributed by atoms with Gasteiger partial charge in [-0.1, -0.05) is 159 Å². The van der Waals surface area contributed by atoms with Crippen LogP contribution >= 0.6 is 7.82 Å². The molecule has 7 atom stereocenters. The Morgan fingerprint density at radius 1 is 0.627 bits per heavy atom. The molecule has 1 aliphatic carbocycles. The number of phosphoric ester groups is 1. The molecular formula is C45H81O13P. The molecule has 7 N–H and O–H groups in total. The highest BCUT2D eigenvalue weighted by atomic mass is 31.2. The molecule has 59 heavy (non-hydrogen) atoms. The summed E-state index contributed by atoms with van der Waals surface area (Å²) < 4.78 is 34.0. The fraction of sp³-hybridized carbons (Fsp3) is 0.800. The molecule has 0 spiro atoms. The van der Waals surface area contributed by atoms with E-state index < -0.39 is 69.2 Å². The second-order valence-corrected chi connectivity index (χ2v) is 17.2. The maximum Gasteiger partial charge on any atom is 0.472 e. The predicted octanol–water partition coefficient (Wildman–Crippen LogP) is 7.83. The van der Waals surface area contributed by atoms with E-state index in [2.05, 4.69) is 19.9 Å². The Hall–Kier alpha value is -1.74. The van der Waals surface area contributed by atoms with E-state index in [1.165, 1.54) is 89.9 Å². The summed E-state index contributed by atoms with van der Waals surface area (Å²) in [5.41, 5.74) is 0.